The summed E-state index contributed by atoms with van der Waals surface area (Å²) in [7, 11) is 0. The lowest BCUT2D eigenvalue weighted by atomic mass is 9.71. The molecule has 5 rings (SSSR count). The van der Waals surface area contributed by atoms with Crippen LogP contribution in [0.1, 0.15) is 69.8 Å². The Labute approximate surface area is 210 Å². The largest absolute Gasteiger partial charge is 0.573 e. The highest BCUT2D eigenvalue weighted by molar-refractivity contribution is 5.86. The third-order valence-electron chi connectivity index (χ3n) is 7.94. The van der Waals surface area contributed by atoms with E-state index >= 15 is 0 Å². The normalized spacial score (nSPS) is 21.1. The second-order valence-corrected chi connectivity index (χ2v) is 10.4. The summed E-state index contributed by atoms with van der Waals surface area (Å²) < 4.78 is 43.5. The number of anilines is 2. The molecule has 3 aliphatic rings. The first-order valence-electron chi connectivity index (χ1n) is 13.2. The van der Waals surface area contributed by atoms with Gasteiger partial charge >= 0.3 is 6.36 Å². The van der Waals surface area contributed by atoms with E-state index in [-0.39, 0.29) is 23.6 Å². The molecule has 0 bridgehead atoms. The predicted molar refractivity (Wildman–Crippen MR) is 134 cm³/mol. The van der Waals surface area contributed by atoms with Gasteiger partial charge in [-0.2, -0.15) is 0 Å². The maximum Gasteiger partial charge on any atom is 0.573 e. The van der Waals surface area contributed by atoms with Crippen LogP contribution in [0.15, 0.2) is 48.5 Å². The van der Waals surface area contributed by atoms with Crippen LogP contribution in [0.3, 0.4) is 0 Å². The van der Waals surface area contributed by atoms with Gasteiger partial charge in [-0.1, -0.05) is 62.8 Å². The molecule has 0 aromatic heterocycles. The molecule has 0 saturated heterocycles. The van der Waals surface area contributed by atoms with Gasteiger partial charge in [0.1, 0.15) is 11.4 Å². The van der Waals surface area contributed by atoms with Crippen LogP contribution in [0.2, 0.25) is 0 Å². The van der Waals surface area contributed by atoms with Crippen LogP contribution in [0.5, 0.6) is 5.75 Å². The molecular formula is C28H34F3N3O2. The first-order chi connectivity index (χ1) is 17.3. The van der Waals surface area contributed by atoms with Gasteiger partial charge in [0.15, 0.2) is 0 Å². The highest BCUT2D eigenvalue weighted by Gasteiger charge is 2.52. The Balaban J connectivity index is 1.57. The zero-order valence-corrected chi connectivity index (χ0v) is 20.4. The molecule has 8 heteroatoms. The molecule has 1 aliphatic heterocycles. The second-order valence-electron chi connectivity index (χ2n) is 10.4. The lowest BCUT2D eigenvalue weighted by Crippen LogP contribution is -2.56. The summed E-state index contributed by atoms with van der Waals surface area (Å²) in [5.41, 5.74) is 1.10. The Hall–Kier alpha value is -2.90. The average Bonchev–Trinajstić information content (AvgIpc) is 3.25. The van der Waals surface area contributed by atoms with Gasteiger partial charge in [-0.3, -0.25) is 4.79 Å². The van der Waals surface area contributed by atoms with Crippen molar-refractivity contribution in [2.75, 3.05) is 10.6 Å². The monoisotopic (exact) mass is 501 g/mol. The van der Waals surface area contributed by atoms with Crippen molar-refractivity contribution >= 4 is 17.3 Å². The minimum Gasteiger partial charge on any atom is -0.406 e. The molecule has 2 saturated carbocycles. The fourth-order valence-corrected chi connectivity index (χ4v) is 6.34. The van der Waals surface area contributed by atoms with Crippen LogP contribution in [-0.2, 0) is 10.5 Å². The van der Waals surface area contributed by atoms with Crippen molar-refractivity contribution in [3.05, 3.63) is 54.1 Å². The van der Waals surface area contributed by atoms with Crippen molar-refractivity contribution in [1.29, 1.82) is 0 Å². The standard InChI is InChI=1S/C28H34F3N3O2/c29-28(30,31)36-22-15-9-12-20(18-22)27(33-23-16-7-8-17-24(23)34-27)25(19-10-3-1-4-11-19)26(35)32-21-13-5-2-6-14-21/h7-9,12,15-19,21,25,33-34H,1-6,10-11,13-14H2,(H,32,35). The smallest absolute Gasteiger partial charge is 0.406 e. The van der Waals surface area contributed by atoms with Crippen LogP contribution in [0.4, 0.5) is 24.5 Å². The summed E-state index contributed by atoms with van der Waals surface area (Å²) >= 11 is 0. The first-order valence-corrected chi connectivity index (χ1v) is 13.2. The van der Waals surface area contributed by atoms with Crippen LogP contribution >= 0.6 is 0 Å². The van der Waals surface area contributed by atoms with E-state index in [9.17, 15) is 18.0 Å². The first kappa shape index (κ1) is 24.8. The quantitative estimate of drug-likeness (QED) is 0.402. The lowest BCUT2D eigenvalue weighted by Gasteiger charge is -2.44. The Kier molecular flexibility index (Phi) is 7.04. The summed E-state index contributed by atoms with van der Waals surface area (Å²) in [6.45, 7) is 0. The summed E-state index contributed by atoms with van der Waals surface area (Å²) in [5, 5.41) is 10.5. The maximum absolute atomic E-state index is 14.1. The predicted octanol–water partition coefficient (Wildman–Crippen LogP) is 6.92. The molecule has 1 heterocycles. The summed E-state index contributed by atoms with van der Waals surface area (Å²) in [6.07, 6.45) is 5.54. The molecule has 36 heavy (non-hydrogen) atoms. The van der Waals surface area contributed by atoms with E-state index in [1.807, 2.05) is 24.3 Å². The van der Waals surface area contributed by atoms with E-state index in [0.29, 0.717) is 5.56 Å². The van der Waals surface area contributed by atoms with E-state index in [1.54, 1.807) is 12.1 Å². The molecular weight excluding hydrogens is 467 g/mol. The van der Waals surface area contributed by atoms with Crippen molar-refractivity contribution in [3.8, 4) is 5.75 Å². The van der Waals surface area contributed by atoms with E-state index in [0.717, 1.165) is 69.2 Å². The number of rotatable bonds is 6. The summed E-state index contributed by atoms with van der Waals surface area (Å²) in [4.78, 5) is 14.1. The van der Waals surface area contributed by atoms with E-state index < -0.39 is 17.9 Å². The van der Waals surface area contributed by atoms with Crippen molar-refractivity contribution < 1.29 is 22.7 Å². The fraction of sp³-hybridized carbons (Fsp3) is 0.536. The van der Waals surface area contributed by atoms with E-state index in [4.69, 9.17) is 0 Å². The van der Waals surface area contributed by atoms with Crippen LogP contribution in [0.25, 0.3) is 0 Å². The van der Waals surface area contributed by atoms with E-state index in [1.165, 1.54) is 18.6 Å². The van der Waals surface area contributed by atoms with Gasteiger partial charge in [0.2, 0.25) is 5.91 Å². The molecule has 2 fully saturated rings. The van der Waals surface area contributed by atoms with Crippen molar-refractivity contribution in [2.45, 2.75) is 82.3 Å². The Morgan fingerprint density at radius 1 is 0.889 bits per heavy atom. The van der Waals surface area contributed by atoms with Gasteiger partial charge in [0.25, 0.3) is 0 Å². The van der Waals surface area contributed by atoms with Crippen molar-refractivity contribution in [3.63, 3.8) is 0 Å². The van der Waals surface area contributed by atoms with Gasteiger partial charge in [-0.25, -0.2) is 0 Å². The molecule has 0 spiro atoms. The number of nitrogens with one attached hydrogen (secondary N) is 3. The molecule has 2 aromatic rings. The van der Waals surface area contributed by atoms with Crippen LogP contribution in [-0.4, -0.2) is 18.3 Å². The van der Waals surface area contributed by atoms with Gasteiger partial charge in [-0.15, -0.1) is 13.2 Å². The second kappa shape index (κ2) is 10.2. The Bertz CT molecular complexity index is 1040. The number of para-hydroxylation sites is 2. The summed E-state index contributed by atoms with van der Waals surface area (Å²) in [5.74, 6) is -0.769. The topological polar surface area (TPSA) is 62.4 Å². The number of fused-ring (bicyclic) bond motifs is 1. The SMILES string of the molecule is O=C(NC1CCCCC1)C(C1CCCCC1)C1(c2cccc(OC(F)(F)F)c2)Nc2ccccc2N1. The zero-order valence-electron chi connectivity index (χ0n) is 20.4. The van der Waals surface area contributed by atoms with E-state index in [2.05, 4.69) is 20.7 Å². The minimum absolute atomic E-state index is 0.0382. The highest BCUT2D eigenvalue weighted by Crippen LogP contribution is 2.49. The van der Waals surface area contributed by atoms with Crippen LogP contribution in [0, 0.1) is 11.8 Å². The third-order valence-corrected chi connectivity index (χ3v) is 7.94. The molecule has 1 unspecified atom stereocenters. The molecule has 3 N–H and O–H groups in total. The number of hydrogen-bond donors (Lipinski definition) is 3. The number of ether oxygens (including phenoxy) is 1. The Morgan fingerprint density at radius 2 is 1.50 bits per heavy atom. The number of alkyl halides is 3. The highest BCUT2D eigenvalue weighted by atomic mass is 19.4. The number of hydrogen-bond acceptors (Lipinski definition) is 4. The number of halogens is 3. The van der Waals surface area contributed by atoms with Gasteiger partial charge < -0.3 is 20.7 Å². The van der Waals surface area contributed by atoms with Crippen LogP contribution < -0.4 is 20.7 Å². The van der Waals surface area contributed by atoms with Gasteiger partial charge in [0, 0.05) is 11.6 Å². The number of carbonyl (C=O) groups excluding carboxylic acids is 1. The van der Waals surface area contributed by atoms with Crippen molar-refractivity contribution in [1.82, 2.24) is 5.32 Å². The third kappa shape index (κ3) is 5.27. The Morgan fingerprint density at radius 3 is 2.11 bits per heavy atom. The molecule has 2 aromatic carbocycles. The minimum atomic E-state index is -4.80. The zero-order chi connectivity index (χ0) is 25.2. The van der Waals surface area contributed by atoms with Gasteiger partial charge in [-0.05, 0) is 55.9 Å². The van der Waals surface area contributed by atoms with Crippen molar-refractivity contribution in [2.24, 2.45) is 11.8 Å². The molecule has 2 aliphatic carbocycles. The molecule has 0 radical (unpaired) electrons. The fourth-order valence-electron chi connectivity index (χ4n) is 6.34. The molecule has 1 amide bonds. The average molecular weight is 502 g/mol. The number of amides is 1. The van der Waals surface area contributed by atoms with Gasteiger partial charge in [0.05, 0.1) is 17.3 Å². The molecule has 1 atom stereocenters. The maximum atomic E-state index is 14.1. The molecule has 194 valence electrons. The number of carbonyl (C=O) groups is 1. The number of benzene rings is 2. The lowest BCUT2D eigenvalue weighted by molar-refractivity contribution is -0.274. The molecule has 5 nitrogen and oxygen atoms in total. The summed E-state index contributed by atoms with van der Waals surface area (Å²) in [6, 6.07) is 13.8.